The van der Waals surface area contributed by atoms with Gasteiger partial charge in [0.1, 0.15) is 12.4 Å². The standard InChI is InChI=1S/C17H16Cl3NO/c1-2-8-21-10-12-9-13(18)6-7-17(12)22-11-14-15(19)4-3-5-16(14)20/h2-7,9,21H,1,8,10-11H2. The van der Waals surface area contributed by atoms with Gasteiger partial charge in [0, 0.05) is 39.3 Å². The first-order valence-electron chi connectivity index (χ1n) is 6.77. The van der Waals surface area contributed by atoms with E-state index in [1.54, 1.807) is 30.3 Å². The van der Waals surface area contributed by atoms with Gasteiger partial charge in [0.25, 0.3) is 0 Å². The summed E-state index contributed by atoms with van der Waals surface area (Å²) in [5.74, 6) is 0.747. The predicted octanol–water partition coefficient (Wildman–Crippen LogP) is 5.50. The molecule has 0 saturated heterocycles. The lowest BCUT2D eigenvalue weighted by Gasteiger charge is -2.14. The predicted molar refractivity (Wildman–Crippen MR) is 94.1 cm³/mol. The van der Waals surface area contributed by atoms with Gasteiger partial charge in [-0.15, -0.1) is 6.58 Å². The van der Waals surface area contributed by atoms with Gasteiger partial charge in [-0.2, -0.15) is 0 Å². The number of halogens is 3. The molecule has 0 aliphatic heterocycles. The van der Waals surface area contributed by atoms with Gasteiger partial charge in [-0.25, -0.2) is 0 Å². The monoisotopic (exact) mass is 355 g/mol. The summed E-state index contributed by atoms with van der Waals surface area (Å²) in [7, 11) is 0. The van der Waals surface area contributed by atoms with E-state index in [1.807, 2.05) is 12.1 Å². The summed E-state index contributed by atoms with van der Waals surface area (Å²) in [4.78, 5) is 0. The zero-order valence-corrected chi connectivity index (χ0v) is 14.2. The van der Waals surface area contributed by atoms with Gasteiger partial charge < -0.3 is 10.1 Å². The van der Waals surface area contributed by atoms with Crippen molar-refractivity contribution in [2.75, 3.05) is 6.54 Å². The van der Waals surface area contributed by atoms with E-state index in [2.05, 4.69) is 11.9 Å². The summed E-state index contributed by atoms with van der Waals surface area (Å²) in [6.45, 7) is 5.33. The molecule has 5 heteroatoms. The Labute approximate surface area is 145 Å². The third kappa shape index (κ3) is 4.65. The maximum atomic E-state index is 6.15. The second kappa shape index (κ2) is 8.44. The topological polar surface area (TPSA) is 21.3 Å². The van der Waals surface area contributed by atoms with Crippen LogP contribution in [0.15, 0.2) is 49.1 Å². The molecule has 2 aromatic carbocycles. The summed E-state index contributed by atoms with van der Waals surface area (Å²) in [6.07, 6.45) is 1.80. The van der Waals surface area contributed by atoms with Crippen molar-refractivity contribution in [3.05, 3.63) is 75.2 Å². The zero-order chi connectivity index (χ0) is 15.9. The van der Waals surface area contributed by atoms with Gasteiger partial charge in [-0.3, -0.25) is 0 Å². The number of benzene rings is 2. The molecule has 0 aliphatic rings. The van der Waals surface area contributed by atoms with Crippen LogP contribution in [0.4, 0.5) is 0 Å². The minimum atomic E-state index is 0.300. The van der Waals surface area contributed by atoms with Gasteiger partial charge in [0.15, 0.2) is 0 Å². The van der Waals surface area contributed by atoms with Crippen LogP contribution in [-0.4, -0.2) is 6.54 Å². The molecule has 0 radical (unpaired) electrons. The van der Waals surface area contributed by atoms with Crippen molar-refractivity contribution < 1.29 is 4.74 Å². The number of ether oxygens (including phenoxy) is 1. The maximum absolute atomic E-state index is 6.15. The lowest BCUT2D eigenvalue weighted by Crippen LogP contribution is -2.13. The van der Waals surface area contributed by atoms with Gasteiger partial charge in [-0.05, 0) is 30.3 Å². The molecule has 0 saturated carbocycles. The molecule has 2 aromatic rings. The Balaban J connectivity index is 2.13. The van der Waals surface area contributed by atoms with Crippen LogP contribution in [0.5, 0.6) is 5.75 Å². The molecule has 1 N–H and O–H groups in total. The molecule has 0 heterocycles. The molecule has 116 valence electrons. The molecule has 0 aliphatic carbocycles. The quantitative estimate of drug-likeness (QED) is 0.522. The second-order valence-electron chi connectivity index (χ2n) is 4.66. The van der Waals surface area contributed by atoms with E-state index in [0.29, 0.717) is 34.8 Å². The highest BCUT2D eigenvalue weighted by atomic mass is 35.5. The van der Waals surface area contributed by atoms with Gasteiger partial charge >= 0.3 is 0 Å². The van der Waals surface area contributed by atoms with Crippen molar-refractivity contribution in [2.45, 2.75) is 13.2 Å². The fourth-order valence-corrected chi connectivity index (χ4v) is 2.66. The highest BCUT2D eigenvalue weighted by Gasteiger charge is 2.09. The van der Waals surface area contributed by atoms with Crippen molar-refractivity contribution in [3.63, 3.8) is 0 Å². The third-order valence-corrected chi connectivity index (χ3v) is 4.00. The van der Waals surface area contributed by atoms with Gasteiger partial charge in [0.2, 0.25) is 0 Å². The van der Waals surface area contributed by atoms with Crippen molar-refractivity contribution >= 4 is 34.8 Å². The van der Waals surface area contributed by atoms with E-state index >= 15 is 0 Å². The Morgan fingerprint density at radius 1 is 1.09 bits per heavy atom. The van der Waals surface area contributed by atoms with Gasteiger partial charge in [-0.1, -0.05) is 46.9 Å². The van der Waals surface area contributed by atoms with E-state index in [-0.39, 0.29) is 0 Å². The summed E-state index contributed by atoms with van der Waals surface area (Å²) < 4.78 is 5.88. The fraction of sp³-hybridized carbons (Fsp3) is 0.176. The van der Waals surface area contributed by atoms with Crippen LogP contribution in [0.3, 0.4) is 0 Å². The van der Waals surface area contributed by atoms with Crippen LogP contribution in [0, 0.1) is 0 Å². The van der Waals surface area contributed by atoms with E-state index in [4.69, 9.17) is 39.5 Å². The van der Waals surface area contributed by atoms with Crippen molar-refractivity contribution in [1.82, 2.24) is 5.32 Å². The lowest BCUT2D eigenvalue weighted by molar-refractivity contribution is 0.302. The minimum absolute atomic E-state index is 0.300. The second-order valence-corrected chi connectivity index (χ2v) is 5.91. The largest absolute Gasteiger partial charge is 0.488 e. The summed E-state index contributed by atoms with van der Waals surface area (Å²) >= 11 is 18.4. The normalized spacial score (nSPS) is 10.5. The summed E-state index contributed by atoms with van der Waals surface area (Å²) in [5.41, 5.74) is 1.74. The Bertz CT molecular complexity index is 638. The first kappa shape index (κ1) is 17.2. The van der Waals surface area contributed by atoms with Crippen LogP contribution in [-0.2, 0) is 13.2 Å². The molecule has 2 rings (SSSR count). The van der Waals surface area contributed by atoms with Crippen molar-refractivity contribution in [3.8, 4) is 5.75 Å². The highest BCUT2D eigenvalue weighted by molar-refractivity contribution is 6.35. The molecule has 2 nitrogen and oxygen atoms in total. The van der Waals surface area contributed by atoms with Crippen LogP contribution in [0.25, 0.3) is 0 Å². The van der Waals surface area contributed by atoms with E-state index in [1.165, 1.54) is 0 Å². The number of hydrogen-bond donors (Lipinski definition) is 1. The zero-order valence-electron chi connectivity index (χ0n) is 11.9. The molecule has 0 fully saturated rings. The molecule has 0 bridgehead atoms. The molecular formula is C17H16Cl3NO. The van der Waals surface area contributed by atoms with Crippen LogP contribution in [0.1, 0.15) is 11.1 Å². The van der Waals surface area contributed by atoms with Crippen molar-refractivity contribution in [1.29, 1.82) is 0 Å². The van der Waals surface area contributed by atoms with Crippen LogP contribution in [0.2, 0.25) is 15.1 Å². The molecule has 0 spiro atoms. The molecule has 0 unspecified atom stereocenters. The molecule has 0 amide bonds. The van der Waals surface area contributed by atoms with Crippen LogP contribution < -0.4 is 10.1 Å². The molecule has 22 heavy (non-hydrogen) atoms. The van der Waals surface area contributed by atoms with Gasteiger partial charge in [0.05, 0.1) is 0 Å². The number of rotatable bonds is 7. The first-order valence-corrected chi connectivity index (χ1v) is 7.91. The summed E-state index contributed by atoms with van der Waals surface area (Å²) in [6, 6.07) is 10.9. The highest BCUT2D eigenvalue weighted by Crippen LogP contribution is 2.28. The smallest absolute Gasteiger partial charge is 0.124 e. The molecular weight excluding hydrogens is 341 g/mol. The fourth-order valence-electron chi connectivity index (χ4n) is 1.96. The SMILES string of the molecule is C=CCNCc1cc(Cl)ccc1OCc1c(Cl)cccc1Cl. The average Bonchev–Trinajstić information content (AvgIpc) is 2.49. The first-order chi connectivity index (χ1) is 10.6. The van der Waals surface area contributed by atoms with Crippen LogP contribution >= 0.6 is 34.8 Å². The van der Waals surface area contributed by atoms with E-state index in [9.17, 15) is 0 Å². The Hall–Kier alpha value is -1.19. The Morgan fingerprint density at radius 2 is 1.82 bits per heavy atom. The third-order valence-electron chi connectivity index (χ3n) is 3.06. The minimum Gasteiger partial charge on any atom is -0.488 e. The molecule has 0 atom stereocenters. The maximum Gasteiger partial charge on any atom is 0.124 e. The molecule has 0 aromatic heterocycles. The Morgan fingerprint density at radius 3 is 2.50 bits per heavy atom. The number of hydrogen-bond acceptors (Lipinski definition) is 2. The summed E-state index contributed by atoms with van der Waals surface area (Å²) in [5, 5.41) is 5.08. The van der Waals surface area contributed by atoms with E-state index < -0.39 is 0 Å². The average molecular weight is 357 g/mol. The number of nitrogens with one attached hydrogen (secondary N) is 1. The van der Waals surface area contributed by atoms with E-state index in [0.717, 1.165) is 16.9 Å². The van der Waals surface area contributed by atoms with Crippen molar-refractivity contribution in [2.24, 2.45) is 0 Å². The lowest BCUT2D eigenvalue weighted by atomic mass is 10.2. The Kier molecular flexibility index (Phi) is 6.59.